The van der Waals surface area contributed by atoms with E-state index < -0.39 is 17.8 Å². The zero-order valence-corrected chi connectivity index (χ0v) is 20.2. The zero-order chi connectivity index (χ0) is 24.3. The number of nitrogens with one attached hydrogen (secondary N) is 2. The molecule has 2 N–H and O–H groups in total. The second-order valence-electron chi connectivity index (χ2n) is 7.86. The lowest BCUT2D eigenvalue weighted by atomic mass is 10.1. The molecule has 0 bridgehead atoms. The highest BCUT2D eigenvalue weighted by Gasteiger charge is 2.30. The molecule has 0 atom stereocenters. The van der Waals surface area contributed by atoms with Crippen LogP contribution in [0.5, 0.6) is 0 Å². The van der Waals surface area contributed by atoms with Gasteiger partial charge in [0.1, 0.15) is 0 Å². The largest absolute Gasteiger partial charge is 1.00 e. The van der Waals surface area contributed by atoms with E-state index in [1.807, 2.05) is 42.0 Å². The molecule has 0 aliphatic carbocycles. The first-order valence-corrected chi connectivity index (χ1v) is 10.5. The Labute approximate surface area is 210 Å². The number of hydrogen-bond donors (Lipinski definition) is 2. The van der Waals surface area contributed by atoms with E-state index in [4.69, 9.17) is 0 Å². The quantitative estimate of drug-likeness (QED) is 0.300. The Morgan fingerprint density at radius 3 is 2.29 bits per heavy atom. The van der Waals surface area contributed by atoms with Gasteiger partial charge in [-0.1, -0.05) is 17.7 Å². The number of rotatable bonds is 5. The van der Waals surface area contributed by atoms with Crippen molar-refractivity contribution in [3.05, 3.63) is 102 Å². The van der Waals surface area contributed by atoms with Gasteiger partial charge in [0.25, 0.3) is 0 Å². The minimum Gasteiger partial charge on any atom is -1.00 e. The van der Waals surface area contributed by atoms with Crippen molar-refractivity contribution < 1.29 is 44.3 Å². The van der Waals surface area contributed by atoms with Gasteiger partial charge < -0.3 is 27.6 Å². The molecule has 0 radical (unpaired) electrons. The van der Waals surface area contributed by atoms with Crippen molar-refractivity contribution in [2.45, 2.75) is 19.6 Å². The Morgan fingerprint density at radius 2 is 1.57 bits per heavy atom. The summed E-state index contributed by atoms with van der Waals surface area (Å²) >= 11 is 0. The van der Waals surface area contributed by atoms with Crippen molar-refractivity contribution >= 4 is 34.1 Å². The van der Waals surface area contributed by atoms with E-state index in [0.29, 0.717) is 11.3 Å². The van der Waals surface area contributed by atoms with E-state index in [1.54, 1.807) is 24.3 Å². The highest BCUT2D eigenvalue weighted by atomic mass is 79.9. The van der Waals surface area contributed by atoms with Crippen LogP contribution in [0.3, 0.4) is 0 Å². The van der Waals surface area contributed by atoms with Crippen LogP contribution < -0.4 is 32.2 Å². The van der Waals surface area contributed by atoms with Crippen molar-refractivity contribution in [3.63, 3.8) is 0 Å². The number of carbonyl (C=O) groups excluding carboxylic acids is 2. The standard InChI is InChI=1S/C26H20F3N3O2.BrH/c1-17-7-12-23-19(14-17)4-3-13-32(23)16-24(33)18-8-10-21(11-9-18)30-25(34)31-22-6-2-5-20(15-22)26(27,28)29;/h2-15H,16H2,1H3,(H-,30,31,33,34);1H. The molecule has 4 aromatic rings. The molecule has 2 amide bonds. The van der Waals surface area contributed by atoms with Crippen molar-refractivity contribution in [3.8, 4) is 0 Å². The van der Waals surface area contributed by atoms with Crippen LogP contribution in [0, 0.1) is 6.92 Å². The third kappa shape index (κ3) is 6.45. The summed E-state index contributed by atoms with van der Waals surface area (Å²) in [5, 5.41) is 5.96. The Hall–Kier alpha value is -3.72. The minimum atomic E-state index is -4.50. The molecule has 0 unspecified atom stereocenters. The summed E-state index contributed by atoms with van der Waals surface area (Å²) in [5.74, 6) is -0.0990. The molecule has 0 saturated heterocycles. The minimum absolute atomic E-state index is 0. The van der Waals surface area contributed by atoms with Gasteiger partial charge >= 0.3 is 12.2 Å². The average Bonchev–Trinajstić information content (AvgIpc) is 2.79. The number of benzene rings is 3. The molecule has 3 aromatic carbocycles. The topological polar surface area (TPSA) is 62.1 Å². The monoisotopic (exact) mass is 543 g/mol. The van der Waals surface area contributed by atoms with Crippen LogP contribution in [0.1, 0.15) is 21.5 Å². The van der Waals surface area contributed by atoms with Gasteiger partial charge in [0.15, 0.2) is 6.20 Å². The van der Waals surface area contributed by atoms with Crippen LogP contribution >= 0.6 is 0 Å². The average molecular weight is 544 g/mol. The molecule has 1 aromatic heterocycles. The van der Waals surface area contributed by atoms with Crippen LogP contribution in [-0.4, -0.2) is 11.8 Å². The third-order valence-electron chi connectivity index (χ3n) is 5.26. The number of ketones is 1. The van der Waals surface area contributed by atoms with E-state index in [0.717, 1.165) is 28.6 Å². The molecule has 0 saturated carbocycles. The summed E-state index contributed by atoms with van der Waals surface area (Å²) in [6, 6.07) is 19.9. The fourth-order valence-corrected chi connectivity index (χ4v) is 3.59. The van der Waals surface area contributed by atoms with Gasteiger partial charge in [-0.15, -0.1) is 0 Å². The Kier molecular flexibility index (Phi) is 7.91. The van der Waals surface area contributed by atoms with Crippen molar-refractivity contribution in [2.75, 3.05) is 10.6 Å². The van der Waals surface area contributed by atoms with E-state index in [-0.39, 0.29) is 35.0 Å². The molecule has 0 aliphatic heterocycles. The maximum atomic E-state index is 12.8. The second-order valence-corrected chi connectivity index (χ2v) is 7.86. The lowest BCUT2D eigenvalue weighted by molar-refractivity contribution is -0.657. The van der Waals surface area contributed by atoms with Gasteiger partial charge in [0, 0.05) is 34.5 Å². The number of aromatic nitrogens is 1. The maximum Gasteiger partial charge on any atom is 0.416 e. The number of urea groups is 1. The molecule has 0 spiro atoms. The van der Waals surface area contributed by atoms with Crippen LogP contribution in [-0.2, 0) is 12.7 Å². The van der Waals surface area contributed by atoms with E-state index in [2.05, 4.69) is 16.7 Å². The molecule has 4 rings (SSSR count). The number of alkyl halides is 3. The number of anilines is 2. The first-order valence-electron chi connectivity index (χ1n) is 10.5. The van der Waals surface area contributed by atoms with E-state index >= 15 is 0 Å². The highest BCUT2D eigenvalue weighted by molar-refractivity contribution is 6.00. The number of amides is 2. The molecule has 180 valence electrons. The fourth-order valence-electron chi connectivity index (χ4n) is 3.59. The van der Waals surface area contributed by atoms with Gasteiger partial charge in [-0.05, 0) is 61.5 Å². The molecule has 1 heterocycles. The number of nitrogens with zero attached hydrogens (tertiary/aromatic N) is 1. The molecule has 9 heteroatoms. The lowest BCUT2D eigenvalue weighted by Crippen LogP contribution is -3.00. The van der Waals surface area contributed by atoms with E-state index in [1.165, 1.54) is 12.1 Å². The molecular weight excluding hydrogens is 523 g/mol. The molecular formula is C26H21BrF3N3O2. The van der Waals surface area contributed by atoms with Crippen molar-refractivity contribution in [1.29, 1.82) is 0 Å². The number of halogens is 4. The third-order valence-corrected chi connectivity index (χ3v) is 5.26. The molecule has 0 fully saturated rings. The summed E-state index contributed by atoms with van der Waals surface area (Å²) in [5.41, 5.74) is 2.12. The van der Waals surface area contributed by atoms with Crippen LogP contribution in [0.25, 0.3) is 10.9 Å². The van der Waals surface area contributed by atoms with Crippen molar-refractivity contribution in [2.24, 2.45) is 0 Å². The zero-order valence-electron chi connectivity index (χ0n) is 18.6. The summed E-state index contributed by atoms with van der Waals surface area (Å²) in [6.45, 7) is 2.17. The van der Waals surface area contributed by atoms with Gasteiger partial charge in [-0.2, -0.15) is 17.7 Å². The van der Waals surface area contributed by atoms with Gasteiger partial charge in [-0.3, -0.25) is 4.79 Å². The fraction of sp³-hybridized carbons (Fsp3) is 0.115. The van der Waals surface area contributed by atoms with Gasteiger partial charge in [0.2, 0.25) is 17.8 Å². The van der Waals surface area contributed by atoms with Gasteiger partial charge in [-0.25, -0.2) is 4.79 Å². The lowest BCUT2D eigenvalue weighted by Gasteiger charge is -2.11. The Balaban J connectivity index is 0.00000342. The Morgan fingerprint density at radius 1 is 0.857 bits per heavy atom. The predicted molar refractivity (Wildman–Crippen MR) is 124 cm³/mol. The van der Waals surface area contributed by atoms with Gasteiger partial charge in [0.05, 0.1) is 5.56 Å². The summed E-state index contributed by atoms with van der Waals surface area (Å²) in [6.07, 6.45) is -2.65. The smallest absolute Gasteiger partial charge is 0.416 e. The highest BCUT2D eigenvalue weighted by Crippen LogP contribution is 2.30. The van der Waals surface area contributed by atoms with Crippen LogP contribution in [0.2, 0.25) is 0 Å². The summed E-state index contributed by atoms with van der Waals surface area (Å²) in [7, 11) is 0. The normalized spacial score (nSPS) is 11.0. The Bertz CT molecular complexity index is 1370. The van der Waals surface area contributed by atoms with Crippen LogP contribution in [0.4, 0.5) is 29.3 Å². The number of aryl methyl sites for hydroxylation is 1. The number of Topliss-reactive ketones (excluding diaryl/α,β-unsaturated/α-hetero) is 1. The SMILES string of the molecule is Cc1ccc2c(ccc[n+]2CC(=O)c2ccc(NC(=O)Nc3cccc(C(F)(F)F)c3)cc2)c1.[Br-]. The second kappa shape index (κ2) is 10.7. The predicted octanol–water partition coefficient (Wildman–Crippen LogP) is 2.99. The van der Waals surface area contributed by atoms with Crippen molar-refractivity contribution in [1.82, 2.24) is 0 Å². The van der Waals surface area contributed by atoms with Crippen LogP contribution in [0.15, 0.2) is 85.1 Å². The number of pyridine rings is 1. The van der Waals surface area contributed by atoms with E-state index in [9.17, 15) is 22.8 Å². The summed E-state index contributed by atoms with van der Waals surface area (Å²) in [4.78, 5) is 25.0. The molecule has 0 aliphatic rings. The number of carbonyl (C=O) groups is 2. The molecule has 35 heavy (non-hydrogen) atoms. The number of hydrogen-bond acceptors (Lipinski definition) is 2. The maximum absolute atomic E-state index is 12.8. The first-order chi connectivity index (χ1) is 16.2. The first kappa shape index (κ1) is 25.9. The number of fused-ring (bicyclic) bond motifs is 1. The molecule has 5 nitrogen and oxygen atoms in total. The summed E-state index contributed by atoms with van der Waals surface area (Å²) < 4.78 is 40.4.